The highest BCUT2D eigenvalue weighted by molar-refractivity contribution is 5.96. The van der Waals surface area contributed by atoms with Crippen LogP contribution in [0.25, 0.3) is 0 Å². The smallest absolute Gasteiger partial charge is 0.416 e. The van der Waals surface area contributed by atoms with Crippen LogP contribution < -0.4 is 5.32 Å². The predicted molar refractivity (Wildman–Crippen MR) is 81.9 cm³/mol. The minimum atomic E-state index is -4.74. The second-order valence-electron chi connectivity index (χ2n) is 5.63. The molecule has 2 rings (SSSR count). The van der Waals surface area contributed by atoms with Crippen LogP contribution >= 0.6 is 0 Å². The number of rotatable bonds is 5. The van der Waals surface area contributed by atoms with Crippen LogP contribution in [0.2, 0.25) is 0 Å². The summed E-state index contributed by atoms with van der Waals surface area (Å²) >= 11 is 0. The number of alkyl halides is 3. The molecular formula is C16H16F3N3O3. The molecule has 1 aromatic carbocycles. The number of aromatic nitrogens is 2. The summed E-state index contributed by atoms with van der Waals surface area (Å²) < 4.78 is 40.8. The Labute approximate surface area is 141 Å². The third kappa shape index (κ3) is 4.17. The Morgan fingerprint density at radius 1 is 1.24 bits per heavy atom. The number of amides is 1. The maximum Gasteiger partial charge on any atom is 0.416 e. The van der Waals surface area contributed by atoms with Gasteiger partial charge in [0.05, 0.1) is 17.3 Å². The summed E-state index contributed by atoms with van der Waals surface area (Å²) in [5, 5.41) is 15.4. The number of nitrogens with zero attached hydrogens (tertiary/aromatic N) is 2. The molecule has 0 radical (unpaired) electrons. The van der Waals surface area contributed by atoms with Crippen molar-refractivity contribution in [1.82, 2.24) is 15.1 Å². The van der Waals surface area contributed by atoms with Gasteiger partial charge in [-0.3, -0.25) is 9.48 Å². The van der Waals surface area contributed by atoms with E-state index in [1.54, 1.807) is 0 Å². The molecule has 0 saturated heterocycles. The van der Waals surface area contributed by atoms with Gasteiger partial charge in [0.25, 0.3) is 5.91 Å². The number of halogens is 3. The number of aliphatic carboxylic acids is 1. The fraction of sp³-hybridized carbons (Fsp3) is 0.312. The summed E-state index contributed by atoms with van der Waals surface area (Å²) in [6.45, 7) is 3.66. The SMILES string of the molecule is CC(C)n1cc(C(=O)N[C@@H](C(=O)O)c2ccccc2C(F)(F)F)cn1. The van der Waals surface area contributed by atoms with E-state index in [0.717, 1.165) is 18.2 Å². The minimum absolute atomic E-state index is 0.0252. The standard InChI is InChI=1S/C16H16F3N3O3/c1-9(2)22-8-10(7-20-22)14(23)21-13(15(24)25)11-5-3-4-6-12(11)16(17,18)19/h3-9,13H,1-2H3,(H,21,23)(H,24,25)/t13-/m1/s1. The average Bonchev–Trinajstić information content (AvgIpc) is 3.01. The van der Waals surface area contributed by atoms with Crippen molar-refractivity contribution in [3.8, 4) is 0 Å². The second-order valence-corrected chi connectivity index (χ2v) is 5.63. The Hall–Kier alpha value is -2.84. The third-order valence-electron chi connectivity index (χ3n) is 3.49. The lowest BCUT2D eigenvalue weighted by Gasteiger charge is -2.19. The Kier molecular flexibility index (Phi) is 5.15. The zero-order valence-electron chi connectivity index (χ0n) is 13.4. The molecule has 0 saturated carbocycles. The van der Waals surface area contributed by atoms with Gasteiger partial charge in [-0.25, -0.2) is 4.79 Å². The number of benzene rings is 1. The van der Waals surface area contributed by atoms with Crippen LogP contribution in [-0.2, 0) is 11.0 Å². The molecule has 0 aliphatic heterocycles. The Morgan fingerprint density at radius 2 is 1.88 bits per heavy atom. The van der Waals surface area contributed by atoms with Crippen molar-refractivity contribution >= 4 is 11.9 Å². The maximum absolute atomic E-state index is 13.1. The normalized spacial score (nSPS) is 12.9. The summed E-state index contributed by atoms with van der Waals surface area (Å²) in [6.07, 6.45) is -2.12. The van der Waals surface area contributed by atoms with Crippen molar-refractivity contribution in [3.63, 3.8) is 0 Å². The molecule has 6 nitrogen and oxygen atoms in total. The Morgan fingerprint density at radius 3 is 2.40 bits per heavy atom. The van der Waals surface area contributed by atoms with E-state index in [1.807, 2.05) is 13.8 Å². The van der Waals surface area contributed by atoms with Gasteiger partial charge in [0, 0.05) is 12.2 Å². The van der Waals surface area contributed by atoms with Gasteiger partial charge in [-0.1, -0.05) is 18.2 Å². The van der Waals surface area contributed by atoms with Gasteiger partial charge in [0.1, 0.15) is 0 Å². The molecule has 0 spiro atoms. The van der Waals surface area contributed by atoms with E-state index in [4.69, 9.17) is 0 Å². The molecule has 134 valence electrons. The first-order valence-corrected chi connectivity index (χ1v) is 7.35. The van der Waals surface area contributed by atoms with Gasteiger partial charge >= 0.3 is 12.1 Å². The van der Waals surface area contributed by atoms with Crippen LogP contribution in [-0.4, -0.2) is 26.8 Å². The van der Waals surface area contributed by atoms with E-state index in [1.165, 1.54) is 23.1 Å². The van der Waals surface area contributed by atoms with Crippen molar-refractivity contribution < 1.29 is 27.9 Å². The van der Waals surface area contributed by atoms with Crippen LogP contribution in [0.4, 0.5) is 13.2 Å². The fourth-order valence-electron chi connectivity index (χ4n) is 2.23. The van der Waals surface area contributed by atoms with Crippen molar-refractivity contribution in [2.24, 2.45) is 0 Å². The van der Waals surface area contributed by atoms with Crippen molar-refractivity contribution in [3.05, 3.63) is 53.3 Å². The molecule has 2 aromatic rings. The van der Waals surface area contributed by atoms with Gasteiger partial charge < -0.3 is 10.4 Å². The summed E-state index contributed by atoms with van der Waals surface area (Å²) in [5.74, 6) is -2.42. The van der Waals surface area contributed by atoms with Crippen LogP contribution in [0.3, 0.4) is 0 Å². The predicted octanol–water partition coefficient (Wildman–Crippen LogP) is 3.04. The molecule has 2 N–H and O–H groups in total. The van der Waals surface area contributed by atoms with E-state index in [0.29, 0.717) is 0 Å². The van der Waals surface area contributed by atoms with E-state index in [2.05, 4.69) is 10.4 Å². The molecule has 0 unspecified atom stereocenters. The number of carbonyl (C=O) groups is 2. The summed E-state index contributed by atoms with van der Waals surface area (Å²) in [4.78, 5) is 23.7. The van der Waals surface area contributed by atoms with E-state index >= 15 is 0 Å². The number of carboxylic acid groups (broad SMARTS) is 1. The van der Waals surface area contributed by atoms with Gasteiger partial charge in [0.15, 0.2) is 6.04 Å². The molecule has 0 aliphatic carbocycles. The van der Waals surface area contributed by atoms with E-state index in [-0.39, 0.29) is 11.6 Å². The van der Waals surface area contributed by atoms with Gasteiger partial charge in [-0.05, 0) is 25.5 Å². The number of carbonyl (C=O) groups excluding carboxylic acids is 1. The van der Waals surface area contributed by atoms with E-state index < -0.39 is 35.2 Å². The van der Waals surface area contributed by atoms with Crippen molar-refractivity contribution in [2.75, 3.05) is 0 Å². The molecule has 0 aliphatic rings. The first kappa shape index (κ1) is 18.5. The maximum atomic E-state index is 13.1. The van der Waals surface area contributed by atoms with Crippen LogP contribution in [0.1, 0.15) is 47.4 Å². The highest BCUT2D eigenvalue weighted by Crippen LogP contribution is 2.34. The first-order chi connectivity index (χ1) is 11.6. The third-order valence-corrected chi connectivity index (χ3v) is 3.49. The topological polar surface area (TPSA) is 84.2 Å². The Bertz CT molecular complexity index is 784. The highest BCUT2D eigenvalue weighted by atomic mass is 19.4. The summed E-state index contributed by atoms with van der Waals surface area (Å²) in [5.41, 5.74) is -1.59. The van der Waals surface area contributed by atoms with Gasteiger partial charge in [-0.2, -0.15) is 18.3 Å². The van der Waals surface area contributed by atoms with Crippen LogP contribution in [0, 0.1) is 0 Å². The molecule has 1 atom stereocenters. The van der Waals surface area contributed by atoms with Crippen molar-refractivity contribution in [2.45, 2.75) is 32.1 Å². The van der Waals surface area contributed by atoms with Gasteiger partial charge in [0.2, 0.25) is 0 Å². The first-order valence-electron chi connectivity index (χ1n) is 7.35. The minimum Gasteiger partial charge on any atom is -0.479 e. The highest BCUT2D eigenvalue weighted by Gasteiger charge is 2.37. The van der Waals surface area contributed by atoms with Crippen LogP contribution in [0.5, 0.6) is 0 Å². The molecule has 1 aromatic heterocycles. The number of hydrogen-bond acceptors (Lipinski definition) is 3. The molecule has 1 heterocycles. The summed E-state index contributed by atoms with van der Waals surface area (Å²) in [6, 6.07) is 2.37. The zero-order valence-corrected chi connectivity index (χ0v) is 13.4. The largest absolute Gasteiger partial charge is 0.479 e. The number of hydrogen-bond donors (Lipinski definition) is 2. The molecule has 0 fully saturated rings. The quantitative estimate of drug-likeness (QED) is 0.863. The molecule has 25 heavy (non-hydrogen) atoms. The second kappa shape index (κ2) is 6.96. The Balaban J connectivity index is 2.34. The molecule has 9 heteroatoms. The summed E-state index contributed by atoms with van der Waals surface area (Å²) in [7, 11) is 0. The zero-order chi connectivity index (χ0) is 18.8. The van der Waals surface area contributed by atoms with Crippen LogP contribution in [0.15, 0.2) is 36.7 Å². The molecular weight excluding hydrogens is 339 g/mol. The van der Waals surface area contributed by atoms with Crippen molar-refractivity contribution in [1.29, 1.82) is 0 Å². The lowest BCUT2D eigenvalue weighted by molar-refractivity contribution is -0.142. The lowest BCUT2D eigenvalue weighted by atomic mass is 9.99. The number of carboxylic acids is 1. The average molecular weight is 355 g/mol. The lowest BCUT2D eigenvalue weighted by Crippen LogP contribution is -2.35. The fourth-order valence-corrected chi connectivity index (χ4v) is 2.23. The molecule has 1 amide bonds. The molecule has 0 bridgehead atoms. The number of nitrogens with one attached hydrogen (secondary N) is 1. The van der Waals surface area contributed by atoms with E-state index in [9.17, 15) is 27.9 Å². The monoisotopic (exact) mass is 355 g/mol. The van der Waals surface area contributed by atoms with Gasteiger partial charge in [-0.15, -0.1) is 0 Å².